The molecule has 1 aromatic rings. The van der Waals surface area contributed by atoms with Gasteiger partial charge >= 0.3 is 11.7 Å². The van der Waals surface area contributed by atoms with Crippen LogP contribution in [0.25, 0.3) is 0 Å². The number of para-hydroxylation sites is 1. The number of anilines is 1. The summed E-state index contributed by atoms with van der Waals surface area (Å²) < 4.78 is 23.0. The maximum absolute atomic E-state index is 11.5. The second kappa shape index (κ2) is 6.19. The first-order valence-electron chi connectivity index (χ1n) is 5.48. The molecule has 0 spiro atoms. The summed E-state index contributed by atoms with van der Waals surface area (Å²) in [7, 11) is -3.72. The SMILES string of the molecule is CS(=O)(=O)c1cccc(NCCNC(N)=O)c1[N+](=O)[O-]. The number of sulfone groups is 1. The summed E-state index contributed by atoms with van der Waals surface area (Å²) in [4.78, 5) is 20.4. The monoisotopic (exact) mass is 302 g/mol. The molecule has 2 amide bonds. The second-order valence-electron chi connectivity index (χ2n) is 3.90. The van der Waals surface area contributed by atoms with Gasteiger partial charge in [0.25, 0.3) is 0 Å². The number of carbonyl (C=O) groups excluding carboxylic acids is 1. The zero-order valence-electron chi connectivity index (χ0n) is 10.6. The molecule has 9 nitrogen and oxygen atoms in total. The summed E-state index contributed by atoms with van der Waals surface area (Å²) in [6.45, 7) is 0.312. The highest BCUT2D eigenvalue weighted by atomic mass is 32.2. The maximum Gasteiger partial charge on any atom is 0.312 e. The van der Waals surface area contributed by atoms with Gasteiger partial charge in [0, 0.05) is 19.3 Å². The summed E-state index contributed by atoms with van der Waals surface area (Å²) in [5, 5.41) is 16.0. The number of nitrogens with zero attached hydrogens (tertiary/aromatic N) is 1. The molecule has 1 rings (SSSR count). The summed E-state index contributed by atoms with van der Waals surface area (Å²) in [5.74, 6) is 0. The van der Waals surface area contributed by atoms with Crippen molar-refractivity contribution >= 4 is 27.2 Å². The molecular formula is C10H14N4O5S. The number of primary amides is 1. The van der Waals surface area contributed by atoms with Crippen molar-refractivity contribution in [2.75, 3.05) is 24.7 Å². The third kappa shape index (κ3) is 4.09. The van der Waals surface area contributed by atoms with E-state index in [0.29, 0.717) is 0 Å². The average molecular weight is 302 g/mol. The minimum Gasteiger partial charge on any atom is -0.378 e. The minimum atomic E-state index is -3.72. The Hall–Kier alpha value is -2.36. The fourth-order valence-electron chi connectivity index (χ4n) is 1.54. The molecule has 1 aromatic carbocycles. The number of nitro groups is 1. The average Bonchev–Trinajstić information content (AvgIpc) is 2.32. The van der Waals surface area contributed by atoms with Crippen LogP contribution in [0.2, 0.25) is 0 Å². The number of nitrogens with one attached hydrogen (secondary N) is 2. The van der Waals surface area contributed by atoms with Gasteiger partial charge in [0.1, 0.15) is 10.6 Å². The molecule has 0 saturated carbocycles. The topological polar surface area (TPSA) is 144 Å². The summed E-state index contributed by atoms with van der Waals surface area (Å²) in [6, 6.07) is 3.23. The lowest BCUT2D eigenvalue weighted by atomic mass is 10.2. The van der Waals surface area contributed by atoms with Crippen molar-refractivity contribution in [2.24, 2.45) is 5.73 Å². The number of rotatable bonds is 6. The molecule has 0 fully saturated rings. The Labute approximate surface area is 115 Å². The maximum atomic E-state index is 11.5. The van der Waals surface area contributed by atoms with Crippen LogP contribution in [0.15, 0.2) is 23.1 Å². The Morgan fingerprint density at radius 1 is 1.40 bits per heavy atom. The molecule has 0 aliphatic rings. The van der Waals surface area contributed by atoms with Crippen LogP contribution in [0.4, 0.5) is 16.2 Å². The van der Waals surface area contributed by atoms with E-state index in [2.05, 4.69) is 10.6 Å². The quantitative estimate of drug-likeness (QED) is 0.385. The summed E-state index contributed by atoms with van der Waals surface area (Å²) in [6.07, 6.45) is 0.897. The van der Waals surface area contributed by atoms with Gasteiger partial charge in [-0.05, 0) is 12.1 Å². The van der Waals surface area contributed by atoms with E-state index in [4.69, 9.17) is 5.73 Å². The number of nitro benzene ring substituents is 1. The lowest BCUT2D eigenvalue weighted by molar-refractivity contribution is -0.386. The Balaban J connectivity index is 3.02. The Kier molecular flexibility index (Phi) is 4.86. The van der Waals surface area contributed by atoms with Gasteiger partial charge in [-0.3, -0.25) is 10.1 Å². The van der Waals surface area contributed by atoms with Crippen molar-refractivity contribution in [3.63, 3.8) is 0 Å². The molecule has 0 atom stereocenters. The highest BCUT2D eigenvalue weighted by Crippen LogP contribution is 2.31. The number of benzene rings is 1. The Morgan fingerprint density at radius 3 is 2.55 bits per heavy atom. The van der Waals surface area contributed by atoms with Gasteiger partial charge in [-0.2, -0.15) is 0 Å². The highest BCUT2D eigenvalue weighted by Gasteiger charge is 2.25. The van der Waals surface area contributed by atoms with Crippen LogP contribution in [-0.2, 0) is 9.84 Å². The predicted octanol–water partition coefficient (Wildman–Crippen LogP) is 0.0785. The van der Waals surface area contributed by atoms with Crippen molar-refractivity contribution in [1.29, 1.82) is 0 Å². The minimum absolute atomic E-state index is 0.0594. The first-order chi connectivity index (χ1) is 9.23. The first-order valence-corrected chi connectivity index (χ1v) is 7.37. The van der Waals surface area contributed by atoms with Crippen LogP contribution in [0.5, 0.6) is 0 Å². The molecule has 0 bridgehead atoms. The first kappa shape index (κ1) is 15.7. The van der Waals surface area contributed by atoms with Crippen LogP contribution in [0.3, 0.4) is 0 Å². The molecule has 0 aliphatic heterocycles. The van der Waals surface area contributed by atoms with Gasteiger partial charge in [0.15, 0.2) is 9.84 Å². The summed E-state index contributed by atoms with van der Waals surface area (Å²) >= 11 is 0. The number of nitrogens with two attached hydrogens (primary N) is 1. The number of carbonyl (C=O) groups is 1. The molecule has 0 heterocycles. The molecule has 20 heavy (non-hydrogen) atoms. The van der Waals surface area contributed by atoms with Crippen LogP contribution in [-0.4, -0.2) is 38.7 Å². The third-order valence-corrected chi connectivity index (χ3v) is 3.45. The standard InChI is InChI=1S/C10H14N4O5S/c1-20(18,19)8-4-2-3-7(9(8)14(16)17)12-5-6-13-10(11)15/h2-4,12H,5-6H2,1H3,(H3,11,13,15). The van der Waals surface area contributed by atoms with Crippen molar-refractivity contribution in [2.45, 2.75) is 4.90 Å². The van der Waals surface area contributed by atoms with Crippen LogP contribution < -0.4 is 16.4 Å². The molecule has 110 valence electrons. The van der Waals surface area contributed by atoms with Gasteiger partial charge in [-0.1, -0.05) is 6.07 Å². The van der Waals surface area contributed by atoms with Crippen LogP contribution in [0, 0.1) is 10.1 Å². The van der Waals surface area contributed by atoms with Crippen LogP contribution >= 0.6 is 0 Å². The Bertz CT molecular complexity index is 629. The smallest absolute Gasteiger partial charge is 0.312 e. The fraction of sp³-hybridized carbons (Fsp3) is 0.300. The van der Waals surface area contributed by atoms with E-state index >= 15 is 0 Å². The van der Waals surface area contributed by atoms with Crippen molar-refractivity contribution in [3.8, 4) is 0 Å². The molecular weight excluding hydrogens is 288 g/mol. The van der Waals surface area contributed by atoms with Gasteiger partial charge in [-0.15, -0.1) is 0 Å². The lowest BCUT2D eigenvalue weighted by Crippen LogP contribution is -2.33. The molecule has 0 radical (unpaired) electrons. The third-order valence-electron chi connectivity index (χ3n) is 2.32. The lowest BCUT2D eigenvalue weighted by Gasteiger charge is -2.09. The molecule has 10 heteroatoms. The van der Waals surface area contributed by atoms with Crippen molar-refractivity contribution < 1.29 is 18.1 Å². The van der Waals surface area contributed by atoms with E-state index in [9.17, 15) is 23.3 Å². The van der Waals surface area contributed by atoms with E-state index < -0.39 is 26.5 Å². The number of hydrogen-bond donors (Lipinski definition) is 3. The molecule has 0 saturated heterocycles. The fourth-order valence-corrected chi connectivity index (χ4v) is 2.40. The molecule has 0 aliphatic carbocycles. The highest BCUT2D eigenvalue weighted by molar-refractivity contribution is 7.90. The zero-order valence-corrected chi connectivity index (χ0v) is 11.4. The van der Waals surface area contributed by atoms with E-state index in [1.165, 1.54) is 18.2 Å². The zero-order chi connectivity index (χ0) is 15.3. The Morgan fingerprint density at radius 2 is 2.05 bits per heavy atom. The molecule has 0 unspecified atom stereocenters. The van der Waals surface area contributed by atoms with E-state index in [1.54, 1.807) is 0 Å². The normalized spacial score (nSPS) is 10.8. The predicted molar refractivity (Wildman–Crippen MR) is 72.3 cm³/mol. The second-order valence-corrected chi connectivity index (χ2v) is 5.88. The largest absolute Gasteiger partial charge is 0.378 e. The molecule has 0 aromatic heterocycles. The molecule has 4 N–H and O–H groups in total. The van der Waals surface area contributed by atoms with Crippen molar-refractivity contribution in [3.05, 3.63) is 28.3 Å². The van der Waals surface area contributed by atoms with Gasteiger partial charge in [0.05, 0.1) is 4.92 Å². The number of urea groups is 1. The number of amides is 2. The van der Waals surface area contributed by atoms with Gasteiger partial charge < -0.3 is 16.4 Å². The summed E-state index contributed by atoms with van der Waals surface area (Å²) in [5.41, 5.74) is 4.41. The van der Waals surface area contributed by atoms with Crippen LogP contribution in [0.1, 0.15) is 0 Å². The number of hydrogen-bond acceptors (Lipinski definition) is 6. The van der Waals surface area contributed by atoms with E-state index in [0.717, 1.165) is 6.26 Å². The van der Waals surface area contributed by atoms with Gasteiger partial charge in [0.2, 0.25) is 0 Å². The van der Waals surface area contributed by atoms with E-state index in [1.807, 2.05) is 0 Å². The van der Waals surface area contributed by atoms with Crippen molar-refractivity contribution in [1.82, 2.24) is 5.32 Å². The van der Waals surface area contributed by atoms with E-state index in [-0.39, 0.29) is 23.7 Å². The van der Waals surface area contributed by atoms with Gasteiger partial charge in [-0.25, -0.2) is 13.2 Å².